The van der Waals surface area contributed by atoms with Crippen molar-refractivity contribution in [2.75, 3.05) is 18.4 Å². The van der Waals surface area contributed by atoms with Crippen LogP contribution in [-0.2, 0) is 4.79 Å². The molecule has 2 aliphatic rings. The van der Waals surface area contributed by atoms with Crippen molar-refractivity contribution in [2.24, 2.45) is 5.92 Å². The van der Waals surface area contributed by atoms with Crippen molar-refractivity contribution in [3.63, 3.8) is 0 Å². The number of nitrogens with zero attached hydrogens (tertiary/aromatic N) is 3. The summed E-state index contributed by atoms with van der Waals surface area (Å²) in [7, 11) is 0. The Bertz CT molecular complexity index is 678. The summed E-state index contributed by atoms with van der Waals surface area (Å²) in [6, 6.07) is 9.75. The molecule has 1 amide bonds. The standard InChI is InChI=1S/C18H22N4O/c23-18(17-6-2-10-21(17)13-14-7-8-14)20-15-4-1-5-16(12-15)22-11-3-9-19-22/h1,3-5,9,11-12,14,17H,2,6-8,10,13H2,(H,20,23). The van der Waals surface area contributed by atoms with Crippen molar-refractivity contribution >= 4 is 11.6 Å². The molecule has 1 aromatic heterocycles. The molecule has 1 aliphatic heterocycles. The van der Waals surface area contributed by atoms with Gasteiger partial charge in [-0.3, -0.25) is 9.69 Å². The van der Waals surface area contributed by atoms with Crippen LogP contribution in [0.15, 0.2) is 42.7 Å². The molecule has 1 unspecified atom stereocenters. The first-order chi connectivity index (χ1) is 11.3. The number of anilines is 1. The summed E-state index contributed by atoms with van der Waals surface area (Å²) < 4.78 is 1.80. The van der Waals surface area contributed by atoms with Gasteiger partial charge in [-0.05, 0) is 62.4 Å². The number of rotatable bonds is 5. The Balaban J connectivity index is 1.44. The second kappa shape index (κ2) is 6.16. The van der Waals surface area contributed by atoms with Gasteiger partial charge in [0.15, 0.2) is 0 Å². The van der Waals surface area contributed by atoms with Gasteiger partial charge in [-0.15, -0.1) is 0 Å². The fourth-order valence-corrected chi connectivity index (χ4v) is 3.35. The van der Waals surface area contributed by atoms with Gasteiger partial charge in [0.2, 0.25) is 5.91 Å². The van der Waals surface area contributed by atoms with Gasteiger partial charge in [-0.1, -0.05) is 6.07 Å². The Morgan fingerprint density at radius 2 is 2.17 bits per heavy atom. The van der Waals surface area contributed by atoms with E-state index >= 15 is 0 Å². The molecule has 2 fully saturated rings. The molecule has 2 heterocycles. The van der Waals surface area contributed by atoms with Crippen LogP contribution < -0.4 is 5.32 Å². The number of hydrogen-bond acceptors (Lipinski definition) is 3. The third-order valence-corrected chi connectivity index (χ3v) is 4.74. The summed E-state index contributed by atoms with van der Waals surface area (Å²) in [5.41, 5.74) is 1.79. The lowest BCUT2D eigenvalue weighted by Gasteiger charge is -2.23. The maximum Gasteiger partial charge on any atom is 0.241 e. The highest BCUT2D eigenvalue weighted by molar-refractivity contribution is 5.95. The number of carbonyl (C=O) groups excluding carboxylic acids is 1. The average molecular weight is 310 g/mol. The second-order valence-corrected chi connectivity index (χ2v) is 6.59. The summed E-state index contributed by atoms with van der Waals surface area (Å²) in [5, 5.41) is 7.32. The van der Waals surface area contributed by atoms with E-state index in [2.05, 4.69) is 15.3 Å². The van der Waals surface area contributed by atoms with Crippen molar-refractivity contribution in [2.45, 2.75) is 31.7 Å². The fourth-order valence-electron chi connectivity index (χ4n) is 3.35. The van der Waals surface area contributed by atoms with Gasteiger partial charge in [-0.25, -0.2) is 4.68 Å². The molecule has 23 heavy (non-hydrogen) atoms. The van der Waals surface area contributed by atoms with Crippen LogP contribution in [0.3, 0.4) is 0 Å². The van der Waals surface area contributed by atoms with Crippen molar-refractivity contribution in [3.05, 3.63) is 42.7 Å². The summed E-state index contributed by atoms with van der Waals surface area (Å²) in [6.07, 6.45) is 8.40. The minimum absolute atomic E-state index is 0.0314. The first-order valence-corrected chi connectivity index (χ1v) is 8.44. The normalized spacial score (nSPS) is 21.5. The van der Waals surface area contributed by atoms with E-state index in [4.69, 9.17) is 0 Å². The first kappa shape index (κ1) is 14.5. The molecule has 0 radical (unpaired) electrons. The summed E-state index contributed by atoms with van der Waals surface area (Å²) in [5.74, 6) is 0.951. The van der Waals surface area contributed by atoms with Crippen LogP contribution in [0.25, 0.3) is 5.69 Å². The lowest BCUT2D eigenvalue weighted by atomic mass is 10.2. The quantitative estimate of drug-likeness (QED) is 0.924. The molecule has 1 aliphatic carbocycles. The van der Waals surface area contributed by atoms with Crippen LogP contribution >= 0.6 is 0 Å². The second-order valence-electron chi connectivity index (χ2n) is 6.59. The number of carbonyl (C=O) groups is 1. The molecule has 4 rings (SSSR count). The molecule has 0 spiro atoms. The molecule has 1 atom stereocenters. The van der Waals surface area contributed by atoms with Crippen LogP contribution in [0.4, 0.5) is 5.69 Å². The van der Waals surface area contributed by atoms with Gasteiger partial charge in [0.1, 0.15) is 0 Å². The average Bonchev–Trinajstić information content (AvgIpc) is 3.04. The number of hydrogen-bond donors (Lipinski definition) is 1. The number of benzene rings is 1. The maximum atomic E-state index is 12.6. The number of likely N-dealkylation sites (tertiary alicyclic amines) is 1. The third kappa shape index (κ3) is 3.29. The van der Waals surface area contributed by atoms with Gasteiger partial charge in [0.05, 0.1) is 11.7 Å². The van der Waals surface area contributed by atoms with E-state index in [1.54, 1.807) is 10.9 Å². The van der Waals surface area contributed by atoms with Crippen molar-refractivity contribution in [1.29, 1.82) is 0 Å². The molecule has 5 nitrogen and oxygen atoms in total. The highest BCUT2D eigenvalue weighted by atomic mass is 16.2. The van der Waals surface area contributed by atoms with Crippen LogP contribution in [0.2, 0.25) is 0 Å². The summed E-state index contributed by atoms with van der Waals surface area (Å²) in [6.45, 7) is 2.15. The molecule has 0 bridgehead atoms. The van der Waals surface area contributed by atoms with E-state index in [1.165, 1.54) is 12.8 Å². The molecule has 1 N–H and O–H groups in total. The minimum atomic E-state index is 0.0314. The molecule has 1 saturated carbocycles. The Kier molecular flexibility index (Phi) is 3.87. The van der Waals surface area contributed by atoms with Gasteiger partial charge < -0.3 is 5.32 Å². The molecule has 5 heteroatoms. The molecular weight excluding hydrogens is 288 g/mol. The predicted octanol–water partition coefficient (Wildman–Crippen LogP) is 2.69. The monoisotopic (exact) mass is 310 g/mol. The fraction of sp³-hybridized carbons (Fsp3) is 0.444. The highest BCUT2D eigenvalue weighted by Crippen LogP contribution is 2.32. The Morgan fingerprint density at radius 3 is 2.96 bits per heavy atom. The van der Waals surface area contributed by atoms with Gasteiger partial charge in [0.25, 0.3) is 0 Å². The van der Waals surface area contributed by atoms with Gasteiger partial charge >= 0.3 is 0 Å². The first-order valence-electron chi connectivity index (χ1n) is 8.44. The van der Waals surface area contributed by atoms with E-state index < -0.39 is 0 Å². The van der Waals surface area contributed by atoms with Crippen LogP contribution in [0.1, 0.15) is 25.7 Å². The Morgan fingerprint density at radius 1 is 1.26 bits per heavy atom. The predicted molar refractivity (Wildman–Crippen MR) is 89.5 cm³/mol. The third-order valence-electron chi connectivity index (χ3n) is 4.74. The van der Waals surface area contributed by atoms with Gasteiger partial charge in [0, 0.05) is 24.6 Å². The van der Waals surface area contributed by atoms with Crippen molar-refractivity contribution in [1.82, 2.24) is 14.7 Å². The molecule has 1 saturated heterocycles. The number of aromatic nitrogens is 2. The topological polar surface area (TPSA) is 50.2 Å². The maximum absolute atomic E-state index is 12.6. The zero-order chi connectivity index (χ0) is 15.6. The summed E-state index contributed by atoms with van der Waals surface area (Å²) in [4.78, 5) is 15.0. The van der Waals surface area contributed by atoms with E-state index in [0.29, 0.717) is 0 Å². The zero-order valence-corrected chi connectivity index (χ0v) is 13.2. The van der Waals surface area contributed by atoms with Crippen LogP contribution in [0, 0.1) is 5.92 Å². The largest absolute Gasteiger partial charge is 0.325 e. The van der Waals surface area contributed by atoms with E-state index in [-0.39, 0.29) is 11.9 Å². The van der Waals surface area contributed by atoms with Crippen LogP contribution in [-0.4, -0.2) is 39.7 Å². The van der Waals surface area contributed by atoms with E-state index in [1.807, 2.05) is 36.5 Å². The Hall–Kier alpha value is -2.14. The smallest absolute Gasteiger partial charge is 0.241 e. The molecule has 120 valence electrons. The van der Waals surface area contributed by atoms with Gasteiger partial charge in [-0.2, -0.15) is 5.10 Å². The SMILES string of the molecule is O=C(Nc1cccc(-n2cccn2)c1)C1CCCN1CC1CC1. The lowest BCUT2D eigenvalue weighted by Crippen LogP contribution is -2.40. The summed E-state index contributed by atoms with van der Waals surface area (Å²) >= 11 is 0. The van der Waals surface area contributed by atoms with E-state index in [0.717, 1.165) is 43.2 Å². The van der Waals surface area contributed by atoms with Crippen molar-refractivity contribution in [3.8, 4) is 5.69 Å². The van der Waals surface area contributed by atoms with Crippen LogP contribution in [0.5, 0.6) is 0 Å². The van der Waals surface area contributed by atoms with Crippen molar-refractivity contribution < 1.29 is 4.79 Å². The molecule has 1 aromatic carbocycles. The Labute approximate surface area is 136 Å². The minimum Gasteiger partial charge on any atom is -0.325 e. The number of amides is 1. The highest BCUT2D eigenvalue weighted by Gasteiger charge is 2.34. The molecular formula is C18H22N4O. The van der Waals surface area contributed by atoms with E-state index in [9.17, 15) is 4.79 Å². The number of nitrogens with one attached hydrogen (secondary N) is 1. The lowest BCUT2D eigenvalue weighted by molar-refractivity contribution is -0.120. The molecule has 2 aromatic rings. The zero-order valence-electron chi connectivity index (χ0n) is 13.2.